The molecule has 0 aliphatic heterocycles. The molecule has 36 heavy (non-hydrogen) atoms. The number of benzene rings is 2. The summed E-state index contributed by atoms with van der Waals surface area (Å²) in [6.07, 6.45) is 5.20. The Morgan fingerprint density at radius 2 is 1.75 bits per heavy atom. The van der Waals surface area contributed by atoms with Gasteiger partial charge in [0.1, 0.15) is 0 Å². The quantitative estimate of drug-likeness (QED) is 0.380. The second kappa shape index (κ2) is 10.2. The molecule has 1 fully saturated rings. The van der Waals surface area contributed by atoms with E-state index in [1.807, 2.05) is 67.1 Å². The van der Waals surface area contributed by atoms with Crippen molar-refractivity contribution < 1.29 is 4.79 Å². The Bertz CT molecular complexity index is 1450. The van der Waals surface area contributed by atoms with Gasteiger partial charge in [-0.1, -0.05) is 23.7 Å². The van der Waals surface area contributed by atoms with Gasteiger partial charge in [-0.15, -0.1) is 0 Å². The number of nitrogens with one attached hydrogen (secondary N) is 2. The fourth-order valence-corrected chi connectivity index (χ4v) is 5.32. The number of pyridine rings is 1. The lowest BCUT2D eigenvalue weighted by atomic mass is 9.85. The molecule has 186 valence electrons. The maximum Gasteiger partial charge on any atom is 0.333 e. The van der Waals surface area contributed by atoms with Crippen molar-refractivity contribution in [3.63, 3.8) is 0 Å². The average molecular weight is 504 g/mol. The van der Waals surface area contributed by atoms with Crippen molar-refractivity contribution in [1.82, 2.24) is 19.4 Å². The number of carbonyl (C=O) groups excluding carboxylic acids is 1. The monoisotopic (exact) mass is 503 g/mol. The molecule has 0 bridgehead atoms. The zero-order valence-corrected chi connectivity index (χ0v) is 21.3. The van der Waals surface area contributed by atoms with E-state index in [0.717, 1.165) is 48.1 Å². The molecule has 2 heterocycles. The summed E-state index contributed by atoms with van der Waals surface area (Å²) < 4.78 is 3.70. The zero-order chi connectivity index (χ0) is 25.2. The van der Waals surface area contributed by atoms with Gasteiger partial charge in [0.05, 0.1) is 33.0 Å². The van der Waals surface area contributed by atoms with E-state index in [2.05, 4.69) is 15.6 Å². The Morgan fingerprint density at radius 1 is 1.06 bits per heavy atom. The van der Waals surface area contributed by atoms with Crippen molar-refractivity contribution in [2.45, 2.75) is 45.2 Å². The number of aryl methyl sites for hydroxylation is 1. The number of hydrogen-bond donors (Lipinski definition) is 2. The number of nitrogens with zero attached hydrogens (tertiary/aromatic N) is 3. The van der Waals surface area contributed by atoms with Crippen LogP contribution in [0.2, 0.25) is 5.02 Å². The Labute approximate surface area is 215 Å². The molecular weight excluding hydrogens is 474 g/mol. The zero-order valence-electron chi connectivity index (χ0n) is 20.5. The van der Waals surface area contributed by atoms with Gasteiger partial charge in [-0.3, -0.25) is 18.9 Å². The molecule has 0 unspecified atom stereocenters. The van der Waals surface area contributed by atoms with Crippen molar-refractivity contribution in [3.8, 4) is 5.69 Å². The summed E-state index contributed by atoms with van der Waals surface area (Å²) in [6, 6.07) is 17.6. The summed E-state index contributed by atoms with van der Waals surface area (Å²) in [4.78, 5) is 30.5. The maximum absolute atomic E-state index is 13.6. The molecule has 0 atom stereocenters. The van der Waals surface area contributed by atoms with Crippen LogP contribution in [0, 0.1) is 12.8 Å². The van der Waals surface area contributed by atoms with E-state index in [4.69, 9.17) is 11.6 Å². The summed E-state index contributed by atoms with van der Waals surface area (Å²) in [5.74, 6) is 0.242. The smallest absolute Gasteiger partial charge is 0.333 e. The van der Waals surface area contributed by atoms with Gasteiger partial charge in [0.2, 0.25) is 0 Å². The molecule has 0 radical (unpaired) electrons. The largest absolute Gasteiger partial charge is 0.388 e. The number of amides is 1. The van der Waals surface area contributed by atoms with E-state index in [1.54, 1.807) is 16.8 Å². The van der Waals surface area contributed by atoms with Crippen molar-refractivity contribution >= 4 is 34.2 Å². The minimum Gasteiger partial charge on any atom is -0.388 e. The number of hydrogen-bond acceptors (Lipinski definition) is 4. The Kier molecular flexibility index (Phi) is 6.83. The van der Waals surface area contributed by atoms with Crippen LogP contribution in [0.15, 0.2) is 65.6 Å². The summed E-state index contributed by atoms with van der Waals surface area (Å²) in [5.41, 5.74) is 4.87. The first-order chi connectivity index (χ1) is 17.4. The average Bonchev–Trinajstić information content (AvgIpc) is 3.17. The van der Waals surface area contributed by atoms with Crippen LogP contribution >= 0.6 is 11.6 Å². The second-order valence-electron chi connectivity index (χ2n) is 9.49. The van der Waals surface area contributed by atoms with Gasteiger partial charge < -0.3 is 10.6 Å². The third-order valence-electron chi connectivity index (χ3n) is 7.17. The van der Waals surface area contributed by atoms with Crippen molar-refractivity contribution in [1.29, 1.82) is 0 Å². The molecule has 2 aromatic heterocycles. The van der Waals surface area contributed by atoms with Crippen LogP contribution in [0.25, 0.3) is 16.7 Å². The van der Waals surface area contributed by atoms with Crippen LogP contribution in [0.1, 0.15) is 41.7 Å². The predicted octanol–water partition coefficient (Wildman–Crippen LogP) is 5.18. The van der Waals surface area contributed by atoms with Crippen molar-refractivity contribution in [3.05, 3.63) is 87.6 Å². The summed E-state index contributed by atoms with van der Waals surface area (Å²) in [5, 5.41) is 6.72. The molecule has 5 rings (SSSR count). The number of para-hydroxylation sites is 2. The molecule has 1 aliphatic rings. The standard InChI is InChI=1S/C28H30ClN5O2/c1-18-24(15-20(29)16-31-18)27(35)32-22-9-7-19(8-10-22)17-33-25-5-3-4-6-26(25)34(28(33)36)23-13-11-21(30-2)12-14-23/h3-6,11-16,19,22,30H,7-10,17H2,1-2H3,(H,32,35)/t19-,22-. The van der Waals surface area contributed by atoms with Crippen LogP contribution in [0.4, 0.5) is 5.69 Å². The number of carbonyl (C=O) groups is 1. The lowest BCUT2D eigenvalue weighted by molar-refractivity contribution is 0.0919. The van der Waals surface area contributed by atoms with Crippen LogP contribution < -0.4 is 16.3 Å². The van der Waals surface area contributed by atoms with Crippen LogP contribution in [0.5, 0.6) is 0 Å². The van der Waals surface area contributed by atoms with Gasteiger partial charge in [-0.25, -0.2) is 4.79 Å². The summed E-state index contributed by atoms with van der Waals surface area (Å²) >= 11 is 6.03. The topological polar surface area (TPSA) is 81.0 Å². The SMILES string of the molecule is CNc1ccc(-n2c(=O)n(C[C@H]3CC[C@H](NC(=O)c4cc(Cl)cnc4C)CC3)c3ccccc32)cc1. The molecule has 7 nitrogen and oxygen atoms in total. The summed E-state index contributed by atoms with van der Waals surface area (Å²) in [6.45, 7) is 2.48. The molecule has 4 aromatic rings. The minimum atomic E-state index is -0.130. The highest BCUT2D eigenvalue weighted by molar-refractivity contribution is 6.30. The molecular formula is C28H30ClN5O2. The second-order valence-corrected chi connectivity index (χ2v) is 9.93. The molecule has 1 aliphatic carbocycles. The molecule has 8 heteroatoms. The third kappa shape index (κ3) is 4.75. The van der Waals surface area contributed by atoms with E-state index in [1.165, 1.54) is 0 Å². The highest BCUT2D eigenvalue weighted by Gasteiger charge is 2.25. The van der Waals surface area contributed by atoms with E-state index < -0.39 is 0 Å². The van der Waals surface area contributed by atoms with E-state index in [-0.39, 0.29) is 17.6 Å². The molecule has 1 amide bonds. The highest BCUT2D eigenvalue weighted by atomic mass is 35.5. The first-order valence-corrected chi connectivity index (χ1v) is 12.7. The highest BCUT2D eigenvalue weighted by Crippen LogP contribution is 2.28. The van der Waals surface area contributed by atoms with Crippen molar-refractivity contribution in [2.75, 3.05) is 12.4 Å². The normalized spacial score (nSPS) is 17.8. The summed E-state index contributed by atoms with van der Waals surface area (Å²) in [7, 11) is 1.88. The number of aromatic nitrogens is 3. The van der Waals surface area contributed by atoms with Crippen LogP contribution in [-0.4, -0.2) is 33.1 Å². The first-order valence-electron chi connectivity index (χ1n) is 12.4. The molecule has 0 saturated heterocycles. The number of rotatable bonds is 6. The van der Waals surface area contributed by atoms with Crippen LogP contribution in [0.3, 0.4) is 0 Å². The predicted molar refractivity (Wildman–Crippen MR) is 144 cm³/mol. The van der Waals surface area contributed by atoms with Gasteiger partial charge in [-0.05, 0) is 81.0 Å². The van der Waals surface area contributed by atoms with Gasteiger partial charge in [0, 0.05) is 31.5 Å². The number of anilines is 1. The van der Waals surface area contributed by atoms with E-state index in [0.29, 0.717) is 28.7 Å². The maximum atomic E-state index is 13.6. The number of halogens is 1. The van der Waals surface area contributed by atoms with E-state index in [9.17, 15) is 9.59 Å². The minimum absolute atomic E-state index is 0.0206. The van der Waals surface area contributed by atoms with E-state index >= 15 is 0 Å². The first kappa shape index (κ1) is 24.1. The lowest BCUT2D eigenvalue weighted by Crippen LogP contribution is -2.39. The third-order valence-corrected chi connectivity index (χ3v) is 7.38. The Morgan fingerprint density at radius 3 is 2.44 bits per heavy atom. The number of imidazole rings is 1. The Hall–Kier alpha value is -3.58. The lowest BCUT2D eigenvalue weighted by Gasteiger charge is -2.29. The van der Waals surface area contributed by atoms with Gasteiger partial charge in [-0.2, -0.15) is 0 Å². The fraction of sp³-hybridized carbons (Fsp3) is 0.321. The molecule has 2 N–H and O–H groups in total. The van der Waals surface area contributed by atoms with Gasteiger partial charge in [0.25, 0.3) is 5.91 Å². The Balaban J connectivity index is 1.30. The fourth-order valence-electron chi connectivity index (χ4n) is 5.16. The molecule has 1 saturated carbocycles. The van der Waals surface area contributed by atoms with Gasteiger partial charge >= 0.3 is 5.69 Å². The molecule has 2 aromatic carbocycles. The van der Waals surface area contributed by atoms with Gasteiger partial charge in [0.15, 0.2) is 0 Å². The number of fused-ring (bicyclic) bond motifs is 1. The van der Waals surface area contributed by atoms with Crippen molar-refractivity contribution in [2.24, 2.45) is 5.92 Å². The molecule has 0 spiro atoms. The van der Waals surface area contributed by atoms with Crippen LogP contribution in [-0.2, 0) is 6.54 Å².